The summed E-state index contributed by atoms with van der Waals surface area (Å²) in [6, 6.07) is 0. The summed E-state index contributed by atoms with van der Waals surface area (Å²) in [5, 5.41) is 3.21. The van der Waals surface area contributed by atoms with Gasteiger partial charge in [-0.15, -0.1) is 0 Å². The highest BCUT2D eigenvalue weighted by Crippen LogP contribution is 2.27. The molecule has 1 amide bonds. The number of fused-ring (bicyclic) bond motifs is 1. The van der Waals surface area contributed by atoms with E-state index in [9.17, 15) is 13.2 Å². The van der Waals surface area contributed by atoms with Gasteiger partial charge in [0.1, 0.15) is 0 Å². The van der Waals surface area contributed by atoms with E-state index in [0.717, 1.165) is 20.2 Å². The standard InChI is InChI=1S/C8H15N3O4S/c1-15-8(12)10-16(13,14)11-4-6-2-9-3-7(6)5-11/h6-7,9H,2-5H2,1H3,(H,10,12)/t6-,7+. The normalized spacial score (nSPS) is 30.1. The molecule has 0 aliphatic carbocycles. The highest BCUT2D eigenvalue weighted by molar-refractivity contribution is 7.87. The predicted molar refractivity (Wildman–Crippen MR) is 55.9 cm³/mol. The van der Waals surface area contributed by atoms with Crippen LogP contribution in [0.5, 0.6) is 0 Å². The van der Waals surface area contributed by atoms with Crippen LogP contribution in [-0.2, 0) is 14.9 Å². The lowest BCUT2D eigenvalue weighted by Gasteiger charge is -2.16. The molecule has 2 aliphatic heterocycles. The lowest BCUT2D eigenvalue weighted by Crippen LogP contribution is -2.43. The maximum Gasteiger partial charge on any atom is 0.421 e. The summed E-state index contributed by atoms with van der Waals surface area (Å²) >= 11 is 0. The average Bonchev–Trinajstić information content (AvgIpc) is 2.75. The highest BCUT2D eigenvalue weighted by Gasteiger charge is 2.41. The van der Waals surface area contributed by atoms with E-state index in [0.29, 0.717) is 24.9 Å². The second-order valence-electron chi connectivity index (χ2n) is 4.09. The average molecular weight is 249 g/mol. The van der Waals surface area contributed by atoms with Gasteiger partial charge in [-0.2, -0.15) is 12.7 Å². The maximum absolute atomic E-state index is 11.7. The molecule has 0 aromatic carbocycles. The van der Waals surface area contributed by atoms with E-state index in [-0.39, 0.29) is 0 Å². The lowest BCUT2D eigenvalue weighted by molar-refractivity contribution is 0.177. The molecule has 2 fully saturated rings. The first-order valence-corrected chi connectivity index (χ1v) is 6.53. The molecule has 0 bridgehead atoms. The Labute approximate surface area is 94.3 Å². The first-order chi connectivity index (χ1) is 7.53. The molecule has 0 spiro atoms. The number of carbonyl (C=O) groups excluding carboxylic acids is 1. The van der Waals surface area contributed by atoms with Gasteiger partial charge in [0.05, 0.1) is 7.11 Å². The van der Waals surface area contributed by atoms with Crippen LogP contribution < -0.4 is 10.0 Å². The molecule has 2 aliphatic rings. The molecule has 2 atom stereocenters. The van der Waals surface area contributed by atoms with Crippen molar-refractivity contribution in [2.45, 2.75) is 0 Å². The zero-order valence-electron chi connectivity index (χ0n) is 8.97. The van der Waals surface area contributed by atoms with Crippen LogP contribution in [0, 0.1) is 11.8 Å². The molecular formula is C8H15N3O4S. The topological polar surface area (TPSA) is 87.7 Å². The molecular weight excluding hydrogens is 234 g/mol. The molecule has 8 heteroatoms. The molecule has 0 unspecified atom stereocenters. The third-order valence-electron chi connectivity index (χ3n) is 3.09. The first kappa shape index (κ1) is 11.6. The Bertz CT molecular complexity index is 371. The maximum atomic E-state index is 11.7. The largest absolute Gasteiger partial charge is 0.452 e. The van der Waals surface area contributed by atoms with Crippen LogP contribution in [0.1, 0.15) is 0 Å². The van der Waals surface area contributed by atoms with Gasteiger partial charge in [0, 0.05) is 13.1 Å². The van der Waals surface area contributed by atoms with Crippen LogP contribution >= 0.6 is 0 Å². The van der Waals surface area contributed by atoms with Crippen molar-refractivity contribution < 1.29 is 17.9 Å². The smallest absolute Gasteiger partial charge is 0.421 e. The zero-order chi connectivity index (χ0) is 11.8. The van der Waals surface area contributed by atoms with Gasteiger partial charge in [0.15, 0.2) is 0 Å². The van der Waals surface area contributed by atoms with Crippen molar-refractivity contribution in [3.05, 3.63) is 0 Å². The van der Waals surface area contributed by atoms with Crippen LogP contribution in [0.15, 0.2) is 0 Å². The second-order valence-corrected chi connectivity index (χ2v) is 5.76. The molecule has 2 saturated heterocycles. The van der Waals surface area contributed by atoms with E-state index in [1.807, 2.05) is 4.72 Å². The van der Waals surface area contributed by atoms with Crippen LogP contribution in [0.2, 0.25) is 0 Å². The lowest BCUT2D eigenvalue weighted by atomic mass is 10.0. The molecule has 2 N–H and O–H groups in total. The van der Waals surface area contributed by atoms with E-state index in [1.54, 1.807) is 0 Å². The molecule has 92 valence electrons. The Morgan fingerprint density at radius 3 is 2.44 bits per heavy atom. The van der Waals surface area contributed by atoms with Crippen molar-refractivity contribution in [2.75, 3.05) is 33.3 Å². The Morgan fingerprint density at radius 2 is 1.94 bits per heavy atom. The van der Waals surface area contributed by atoms with Gasteiger partial charge in [0.25, 0.3) is 0 Å². The predicted octanol–water partition coefficient (Wildman–Crippen LogP) is -1.26. The summed E-state index contributed by atoms with van der Waals surface area (Å²) in [6.45, 7) is 2.61. The number of carbonyl (C=O) groups is 1. The number of hydrogen-bond donors (Lipinski definition) is 2. The third-order valence-corrected chi connectivity index (χ3v) is 4.50. The number of nitrogens with one attached hydrogen (secondary N) is 2. The number of hydrogen-bond acceptors (Lipinski definition) is 5. The number of ether oxygens (including phenoxy) is 1. The molecule has 2 heterocycles. The van der Waals surface area contributed by atoms with Crippen molar-refractivity contribution in [2.24, 2.45) is 11.8 Å². The van der Waals surface area contributed by atoms with Gasteiger partial charge < -0.3 is 10.1 Å². The van der Waals surface area contributed by atoms with Crippen molar-refractivity contribution >= 4 is 16.3 Å². The number of rotatable bonds is 2. The van der Waals surface area contributed by atoms with Gasteiger partial charge in [-0.3, -0.25) is 0 Å². The van der Waals surface area contributed by atoms with Crippen LogP contribution in [0.25, 0.3) is 0 Å². The van der Waals surface area contributed by atoms with E-state index < -0.39 is 16.3 Å². The number of nitrogens with zero attached hydrogens (tertiary/aromatic N) is 1. The van der Waals surface area contributed by atoms with E-state index >= 15 is 0 Å². The van der Waals surface area contributed by atoms with Crippen molar-refractivity contribution in [1.82, 2.24) is 14.3 Å². The van der Waals surface area contributed by atoms with Gasteiger partial charge in [-0.25, -0.2) is 9.52 Å². The van der Waals surface area contributed by atoms with Gasteiger partial charge in [0.2, 0.25) is 0 Å². The van der Waals surface area contributed by atoms with E-state index in [4.69, 9.17) is 0 Å². The molecule has 7 nitrogen and oxygen atoms in total. The van der Waals surface area contributed by atoms with Gasteiger partial charge >= 0.3 is 16.3 Å². The van der Waals surface area contributed by atoms with Crippen molar-refractivity contribution in [1.29, 1.82) is 0 Å². The minimum atomic E-state index is -3.73. The minimum Gasteiger partial charge on any atom is -0.452 e. The summed E-state index contributed by atoms with van der Waals surface area (Å²) in [4.78, 5) is 10.9. The molecule has 16 heavy (non-hydrogen) atoms. The Balaban J connectivity index is 2.00. The summed E-state index contributed by atoms with van der Waals surface area (Å²) in [7, 11) is -2.60. The third kappa shape index (κ3) is 2.13. The molecule has 0 aromatic heterocycles. The molecule has 0 radical (unpaired) electrons. The van der Waals surface area contributed by atoms with Gasteiger partial charge in [-0.1, -0.05) is 0 Å². The SMILES string of the molecule is COC(=O)NS(=O)(=O)N1C[C@H]2CNC[C@H]2C1. The zero-order valence-corrected chi connectivity index (χ0v) is 9.79. The Kier molecular flexibility index (Phi) is 3.04. The van der Waals surface area contributed by atoms with Crippen LogP contribution in [-0.4, -0.2) is 52.1 Å². The minimum absolute atomic E-state index is 0.356. The summed E-state index contributed by atoms with van der Waals surface area (Å²) < 4.78 is 30.9. The molecule has 0 saturated carbocycles. The van der Waals surface area contributed by atoms with E-state index in [2.05, 4.69) is 10.1 Å². The fourth-order valence-electron chi connectivity index (χ4n) is 2.22. The second kappa shape index (κ2) is 4.19. The monoisotopic (exact) mass is 249 g/mol. The Hall–Kier alpha value is -0.860. The summed E-state index contributed by atoms with van der Waals surface area (Å²) in [5.41, 5.74) is 0. The summed E-state index contributed by atoms with van der Waals surface area (Å²) in [5.74, 6) is 0.712. The fourth-order valence-corrected chi connectivity index (χ4v) is 3.42. The molecule has 2 rings (SSSR count). The molecule has 0 aromatic rings. The van der Waals surface area contributed by atoms with E-state index in [1.165, 1.54) is 4.31 Å². The van der Waals surface area contributed by atoms with Gasteiger partial charge in [-0.05, 0) is 24.9 Å². The number of methoxy groups -OCH3 is 1. The van der Waals surface area contributed by atoms with Crippen molar-refractivity contribution in [3.8, 4) is 0 Å². The highest BCUT2D eigenvalue weighted by atomic mass is 32.2. The summed E-state index contributed by atoms with van der Waals surface area (Å²) in [6.07, 6.45) is -0.949. The van der Waals surface area contributed by atoms with Crippen LogP contribution in [0.3, 0.4) is 0 Å². The number of amides is 1. The first-order valence-electron chi connectivity index (χ1n) is 5.09. The quantitative estimate of drug-likeness (QED) is 0.637. The fraction of sp³-hybridized carbons (Fsp3) is 0.875. The van der Waals surface area contributed by atoms with Crippen molar-refractivity contribution in [3.63, 3.8) is 0 Å². The Morgan fingerprint density at radius 1 is 1.38 bits per heavy atom. The van der Waals surface area contributed by atoms with Crippen LogP contribution in [0.4, 0.5) is 4.79 Å².